The van der Waals surface area contributed by atoms with Crippen molar-refractivity contribution in [3.63, 3.8) is 0 Å². The van der Waals surface area contributed by atoms with Gasteiger partial charge in [0.1, 0.15) is 12.7 Å². The molecule has 1 atom stereocenters. The second-order valence-corrected chi connectivity index (χ2v) is 1.49. The number of carbonyl (C=O) groups is 1. The minimum Gasteiger partial charge on any atom is -0.430 e. The highest BCUT2D eigenvalue weighted by Gasteiger charge is 2.19. The lowest BCUT2D eigenvalue weighted by atomic mass is 10.5. The summed E-state index contributed by atoms with van der Waals surface area (Å²) in [5.74, 6) is 0. The second kappa shape index (κ2) is 3.11. The number of halogens is 1. The van der Waals surface area contributed by atoms with Crippen LogP contribution in [0.15, 0.2) is 0 Å². The molecule has 0 aromatic heterocycles. The summed E-state index contributed by atoms with van der Waals surface area (Å²) < 4.78 is 8.90. The molecule has 1 rings (SSSR count). The fraction of sp³-hybridized carbons (Fsp3) is 0.750. The molecule has 0 bridgehead atoms. The predicted octanol–water partition coefficient (Wildman–Crippen LogP) is 1.16. The highest BCUT2D eigenvalue weighted by Crippen LogP contribution is 2.02. The van der Waals surface area contributed by atoms with Gasteiger partial charge in [-0.05, 0) is 6.92 Å². The topological polar surface area (TPSA) is 35.5 Å². The van der Waals surface area contributed by atoms with Gasteiger partial charge in [0, 0.05) is 0 Å². The lowest BCUT2D eigenvalue weighted by Crippen LogP contribution is -2.01. The van der Waals surface area contributed by atoms with Gasteiger partial charge in [-0.1, -0.05) is 0 Å². The molecular weight excluding hydrogens is 223 g/mol. The van der Waals surface area contributed by atoms with E-state index in [9.17, 15) is 4.79 Å². The van der Waals surface area contributed by atoms with E-state index in [-0.39, 0.29) is 30.1 Å². The molecule has 1 heterocycles. The number of hydrogen-bond donors (Lipinski definition) is 0. The Hall–Kier alpha value is 0. The molecule has 1 aliphatic heterocycles. The number of rotatable bonds is 0. The molecule has 3 nitrogen and oxygen atoms in total. The van der Waals surface area contributed by atoms with Crippen molar-refractivity contribution in [2.24, 2.45) is 0 Å². The molecule has 1 aliphatic rings. The molecule has 1 unspecified atom stereocenters. The smallest absolute Gasteiger partial charge is 0.430 e. The predicted molar refractivity (Wildman–Crippen MR) is 37.3 cm³/mol. The van der Waals surface area contributed by atoms with Crippen molar-refractivity contribution in [2.75, 3.05) is 6.61 Å². The van der Waals surface area contributed by atoms with Crippen LogP contribution >= 0.6 is 24.0 Å². The summed E-state index contributed by atoms with van der Waals surface area (Å²) in [6, 6.07) is 0. The Bertz CT molecular complexity index is 93.3. The first-order valence-corrected chi connectivity index (χ1v) is 2.12. The average Bonchev–Trinajstić information content (AvgIpc) is 1.87. The molecule has 0 spiro atoms. The van der Waals surface area contributed by atoms with Crippen molar-refractivity contribution in [3.8, 4) is 0 Å². The van der Waals surface area contributed by atoms with Gasteiger partial charge in [0.2, 0.25) is 0 Å². The molecule has 0 radical (unpaired) electrons. The van der Waals surface area contributed by atoms with E-state index in [1.165, 1.54) is 0 Å². The van der Waals surface area contributed by atoms with Crippen molar-refractivity contribution in [3.05, 3.63) is 0 Å². The third kappa shape index (κ3) is 1.85. The van der Waals surface area contributed by atoms with Crippen LogP contribution in [0.2, 0.25) is 0 Å². The molecule has 0 amide bonds. The van der Waals surface area contributed by atoms with Crippen LogP contribution in [-0.2, 0) is 9.47 Å². The van der Waals surface area contributed by atoms with Gasteiger partial charge < -0.3 is 9.47 Å². The third-order valence-electron chi connectivity index (χ3n) is 0.733. The van der Waals surface area contributed by atoms with E-state index in [0.29, 0.717) is 6.61 Å². The highest BCUT2D eigenvalue weighted by molar-refractivity contribution is 14.0. The first-order valence-electron chi connectivity index (χ1n) is 2.12. The quantitative estimate of drug-likeness (QED) is 0.462. The van der Waals surface area contributed by atoms with Crippen molar-refractivity contribution >= 4 is 30.1 Å². The van der Waals surface area contributed by atoms with Crippen LogP contribution < -0.4 is 0 Å². The highest BCUT2D eigenvalue weighted by atomic mass is 127. The van der Waals surface area contributed by atoms with E-state index in [2.05, 4.69) is 9.47 Å². The van der Waals surface area contributed by atoms with Crippen LogP contribution in [0.1, 0.15) is 6.92 Å². The van der Waals surface area contributed by atoms with Gasteiger partial charge in [-0.25, -0.2) is 4.79 Å². The summed E-state index contributed by atoms with van der Waals surface area (Å²) in [6.45, 7) is 2.18. The average molecular weight is 230 g/mol. The molecular formula is C4H7IO3. The van der Waals surface area contributed by atoms with Crippen LogP contribution in [0.25, 0.3) is 0 Å². The van der Waals surface area contributed by atoms with Crippen molar-refractivity contribution in [2.45, 2.75) is 13.0 Å². The maximum absolute atomic E-state index is 10.0. The zero-order valence-corrected chi connectivity index (χ0v) is 6.75. The van der Waals surface area contributed by atoms with Gasteiger partial charge >= 0.3 is 6.16 Å². The van der Waals surface area contributed by atoms with E-state index in [0.717, 1.165) is 0 Å². The lowest BCUT2D eigenvalue weighted by molar-refractivity contribution is 0.121. The third-order valence-corrected chi connectivity index (χ3v) is 0.733. The van der Waals surface area contributed by atoms with E-state index in [4.69, 9.17) is 0 Å². The monoisotopic (exact) mass is 230 g/mol. The van der Waals surface area contributed by atoms with Gasteiger partial charge in [-0.2, -0.15) is 0 Å². The van der Waals surface area contributed by atoms with E-state index < -0.39 is 6.16 Å². The number of ether oxygens (including phenoxy) is 2. The second-order valence-electron chi connectivity index (χ2n) is 1.49. The minimum atomic E-state index is -0.549. The summed E-state index contributed by atoms with van der Waals surface area (Å²) in [5, 5.41) is 0. The number of cyclic esters (lactones) is 2. The van der Waals surface area contributed by atoms with Crippen LogP contribution in [0.4, 0.5) is 4.79 Å². The summed E-state index contributed by atoms with van der Waals surface area (Å²) in [6.07, 6.45) is -0.597. The van der Waals surface area contributed by atoms with Crippen LogP contribution in [-0.4, -0.2) is 18.9 Å². The SMILES string of the molecule is CC1COC(=O)O1.I. The van der Waals surface area contributed by atoms with Crippen LogP contribution in [0.3, 0.4) is 0 Å². The van der Waals surface area contributed by atoms with Gasteiger partial charge in [0.15, 0.2) is 0 Å². The Morgan fingerprint density at radius 3 is 2.50 bits per heavy atom. The molecule has 8 heavy (non-hydrogen) atoms. The molecule has 0 aliphatic carbocycles. The zero-order valence-electron chi connectivity index (χ0n) is 4.42. The van der Waals surface area contributed by atoms with Gasteiger partial charge in [-0.15, -0.1) is 24.0 Å². The first kappa shape index (κ1) is 8.00. The maximum atomic E-state index is 10.0. The molecule has 0 aromatic rings. The molecule has 1 fully saturated rings. The lowest BCUT2D eigenvalue weighted by Gasteiger charge is -1.90. The van der Waals surface area contributed by atoms with Crippen molar-refractivity contribution in [1.29, 1.82) is 0 Å². The Balaban J connectivity index is 0.000000490. The van der Waals surface area contributed by atoms with Gasteiger partial charge in [0.05, 0.1) is 0 Å². The normalized spacial score (nSPS) is 25.6. The number of carbonyl (C=O) groups excluding carboxylic acids is 1. The molecule has 48 valence electrons. The van der Waals surface area contributed by atoms with Crippen LogP contribution in [0, 0.1) is 0 Å². The fourth-order valence-corrected chi connectivity index (χ4v) is 0.418. The first-order chi connectivity index (χ1) is 3.29. The van der Waals surface area contributed by atoms with E-state index >= 15 is 0 Å². The van der Waals surface area contributed by atoms with Crippen molar-refractivity contribution in [1.82, 2.24) is 0 Å². The maximum Gasteiger partial charge on any atom is 0.508 e. The summed E-state index contributed by atoms with van der Waals surface area (Å²) >= 11 is 0. The number of hydrogen-bond acceptors (Lipinski definition) is 3. The summed E-state index contributed by atoms with van der Waals surface area (Å²) in [7, 11) is 0. The molecule has 0 saturated carbocycles. The van der Waals surface area contributed by atoms with E-state index in [1.54, 1.807) is 6.92 Å². The Kier molecular flexibility index (Phi) is 3.11. The summed E-state index contributed by atoms with van der Waals surface area (Å²) in [4.78, 5) is 10.0. The molecule has 4 heteroatoms. The largest absolute Gasteiger partial charge is 0.508 e. The summed E-state index contributed by atoms with van der Waals surface area (Å²) in [5.41, 5.74) is 0. The minimum absolute atomic E-state index is 0. The van der Waals surface area contributed by atoms with Gasteiger partial charge in [0.25, 0.3) is 0 Å². The van der Waals surface area contributed by atoms with Gasteiger partial charge in [-0.3, -0.25) is 0 Å². The van der Waals surface area contributed by atoms with Crippen molar-refractivity contribution < 1.29 is 14.3 Å². The Morgan fingerprint density at radius 2 is 2.38 bits per heavy atom. The molecule has 1 saturated heterocycles. The Labute approximate surface area is 64.4 Å². The molecule has 0 aromatic carbocycles. The van der Waals surface area contributed by atoms with E-state index in [1.807, 2.05) is 0 Å². The molecule has 0 N–H and O–H groups in total. The Morgan fingerprint density at radius 1 is 1.75 bits per heavy atom. The standard InChI is InChI=1S/C4H6O3.HI/c1-3-2-6-4(5)7-3;/h3H,2H2,1H3;1H. The van der Waals surface area contributed by atoms with Crippen LogP contribution in [0.5, 0.6) is 0 Å². The fourth-order valence-electron chi connectivity index (χ4n) is 0.418. The zero-order chi connectivity index (χ0) is 5.28.